The normalized spacial score (nSPS) is 15.3. The van der Waals surface area contributed by atoms with Gasteiger partial charge in [-0.2, -0.15) is 0 Å². The Morgan fingerprint density at radius 3 is 2.67 bits per heavy atom. The van der Waals surface area contributed by atoms with Crippen molar-refractivity contribution in [3.05, 3.63) is 53.8 Å². The molecule has 0 unspecified atom stereocenters. The first-order valence-electron chi connectivity index (χ1n) is 9.09. The van der Waals surface area contributed by atoms with Crippen LogP contribution in [-0.2, 0) is 0 Å². The Morgan fingerprint density at radius 1 is 1.22 bits per heavy atom. The predicted molar refractivity (Wildman–Crippen MR) is 104 cm³/mol. The minimum absolute atomic E-state index is 0.317. The standard InChI is InChI=1S/C20H20FN3O2S/c1-2-23-9-11-24(12-10-23)20-22-17-8-7-16(13-18(17)27-20)26-19(25)14-3-5-15(21)6-4-14/h3-8,13H,2,9-12H2,1H3/p+1. The van der Waals surface area contributed by atoms with Crippen molar-refractivity contribution in [3.8, 4) is 5.75 Å². The van der Waals surface area contributed by atoms with Crippen LogP contribution in [0.15, 0.2) is 42.5 Å². The van der Waals surface area contributed by atoms with E-state index in [0.717, 1.165) is 48.1 Å². The number of carbonyl (C=O) groups is 1. The number of esters is 1. The van der Waals surface area contributed by atoms with Crippen LogP contribution in [0.25, 0.3) is 10.2 Å². The zero-order valence-corrected chi connectivity index (χ0v) is 15.9. The van der Waals surface area contributed by atoms with Crippen molar-refractivity contribution < 1.29 is 18.8 Å². The summed E-state index contributed by atoms with van der Waals surface area (Å²) in [5.74, 6) is -0.420. The van der Waals surface area contributed by atoms with E-state index in [9.17, 15) is 9.18 Å². The van der Waals surface area contributed by atoms with Crippen molar-refractivity contribution >= 4 is 32.7 Å². The van der Waals surface area contributed by atoms with Gasteiger partial charge in [-0.25, -0.2) is 14.2 Å². The fraction of sp³-hybridized carbons (Fsp3) is 0.300. The van der Waals surface area contributed by atoms with Gasteiger partial charge >= 0.3 is 5.97 Å². The molecule has 0 saturated carbocycles. The highest BCUT2D eigenvalue weighted by molar-refractivity contribution is 7.22. The second kappa shape index (κ2) is 7.62. The third-order valence-corrected chi connectivity index (χ3v) is 5.96. The number of hydrogen-bond acceptors (Lipinski definition) is 5. The summed E-state index contributed by atoms with van der Waals surface area (Å²) >= 11 is 1.62. The van der Waals surface area contributed by atoms with E-state index in [0.29, 0.717) is 11.3 Å². The predicted octanol–water partition coefficient (Wildman–Crippen LogP) is 2.38. The highest BCUT2D eigenvalue weighted by Crippen LogP contribution is 2.31. The lowest BCUT2D eigenvalue weighted by molar-refractivity contribution is -0.898. The first-order chi connectivity index (χ1) is 13.1. The van der Waals surface area contributed by atoms with Crippen molar-refractivity contribution in [3.63, 3.8) is 0 Å². The van der Waals surface area contributed by atoms with Crippen molar-refractivity contribution in [2.45, 2.75) is 6.92 Å². The summed E-state index contributed by atoms with van der Waals surface area (Å²) in [6, 6.07) is 10.8. The number of ether oxygens (including phenoxy) is 1. The molecule has 0 atom stereocenters. The molecule has 0 amide bonds. The van der Waals surface area contributed by atoms with Gasteiger partial charge in [0.25, 0.3) is 0 Å². The van der Waals surface area contributed by atoms with Gasteiger partial charge in [-0.1, -0.05) is 11.3 Å². The van der Waals surface area contributed by atoms with Crippen LogP contribution in [0.1, 0.15) is 17.3 Å². The van der Waals surface area contributed by atoms with Crippen LogP contribution in [0.5, 0.6) is 5.75 Å². The molecule has 3 aromatic rings. The Hall–Kier alpha value is -2.51. The molecule has 5 nitrogen and oxygen atoms in total. The number of halogens is 1. The lowest BCUT2D eigenvalue weighted by Crippen LogP contribution is -3.14. The summed E-state index contributed by atoms with van der Waals surface area (Å²) in [7, 11) is 0. The maximum Gasteiger partial charge on any atom is 0.343 e. The number of likely N-dealkylation sites (N-methyl/N-ethyl adjacent to an activating group) is 1. The van der Waals surface area contributed by atoms with Gasteiger partial charge in [-0.15, -0.1) is 0 Å². The fourth-order valence-corrected chi connectivity index (χ4v) is 4.26. The third-order valence-electron chi connectivity index (χ3n) is 4.88. The molecule has 2 aromatic carbocycles. The molecular formula is C20H21FN3O2S+. The van der Waals surface area contributed by atoms with E-state index in [4.69, 9.17) is 9.72 Å². The van der Waals surface area contributed by atoms with Crippen molar-refractivity contribution in [2.24, 2.45) is 0 Å². The van der Waals surface area contributed by atoms with Gasteiger partial charge in [0.05, 0.1) is 48.5 Å². The molecule has 4 rings (SSSR count). The van der Waals surface area contributed by atoms with Crippen LogP contribution < -0.4 is 14.5 Å². The quantitative estimate of drug-likeness (QED) is 0.553. The van der Waals surface area contributed by atoms with Gasteiger partial charge in [-0.3, -0.25) is 0 Å². The molecule has 1 aromatic heterocycles. The topological polar surface area (TPSA) is 46.9 Å². The van der Waals surface area contributed by atoms with Crippen LogP contribution in [0, 0.1) is 5.82 Å². The number of nitrogens with one attached hydrogen (secondary N) is 1. The molecule has 0 aliphatic carbocycles. The molecule has 1 aliphatic heterocycles. The number of carbonyl (C=O) groups excluding carboxylic acids is 1. The molecule has 27 heavy (non-hydrogen) atoms. The minimum Gasteiger partial charge on any atom is -0.423 e. The number of benzene rings is 2. The molecule has 7 heteroatoms. The van der Waals surface area contributed by atoms with E-state index < -0.39 is 5.97 Å². The monoisotopic (exact) mass is 386 g/mol. The second-order valence-electron chi connectivity index (χ2n) is 6.61. The number of aromatic nitrogens is 1. The van der Waals surface area contributed by atoms with E-state index in [1.807, 2.05) is 12.1 Å². The zero-order valence-electron chi connectivity index (χ0n) is 15.1. The van der Waals surface area contributed by atoms with Crippen LogP contribution in [0.4, 0.5) is 9.52 Å². The van der Waals surface area contributed by atoms with Gasteiger partial charge in [-0.05, 0) is 43.3 Å². The van der Waals surface area contributed by atoms with Crippen molar-refractivity contribution in [1.29, 1.82) is 0 Å². The Balaban J connectivity index is 1.49. The summed E-state index contributed by atoms with van der Waals surface area (Å²) in [6.07, 6.45) is 0. The Labute approximate surface area is 161 Å². The van der Waals surface area contributed by atoms with Gasteiger partial charge in [0.15, 0.2) is 5.13 Å². The van der Waals surface area contributed by atoms with E-state index in [1.165, 1.54) is 24.3 Å². The fourth-order valence-electron chi connectivity index (χ4n) is 3.21. The lowest BCUT2D eigenvalue weighted by Gasteiger charge is -2.31. The lowest BCUT2D eigenvalue weighted by atomic mass is 10.2. The molecule has 2 heterocycles. The average molecular weight is 386 g/mol. The third kappa shape index (κ3) is 3.94. The smallest absolute Gasteiger partial charge is 0.343 e. The molecule has 1 fully saturated rings. The summed E-state index contributed by atoms with van der Waals surface area (Å²) in [5, 5.41) is 1.02. The zero-order chi connectivity index (χ0) is 18.8. The summed E-state index contributed by atoms with van der Waals surface area (Å²) in [4.78, 5) is 20.9. The first-order valence-corrected chi connectivity index (χ1v) is 9.91. The summed E-state index contributed by atoms with van der Waals surface area (Å²) in [6.45, 7) is 7.67. The SMILES string of the molecule is CC[NH+]1CCN(c2nc3ccc(OC(=O)c4ccc(F)cc4)cc3s2)CC1. The largest absolute Gasteiger partial charge is 0.423 e. The molecule has 1 aliphatic rings. The minimum atomic E-state index is -0.502. The van der Waals surface area contributed by atoms with E-state index in [1.54, 1.807) is 22.3 Å². The number of nitrogens with zero attached hydrogens (tertiary/aromatic N) is 2. The van der Waals surface area contributed by atoms with Gasteiger partial charge in [0.1, 0.15) is 11.6 Å². The van der Waals surface area contributed by atoms with E-state index >= 15 is 0 Å². The molecule has 1 saturated heterocycles. The number of fused-ring (bicyclic) bond motifs is 1. The Bertz CT molecular complexity index is 950. The maximum absolute atomic E-state index is 13.0. The molecule has 140 valence electrons. The van der Waals surface area contributed by atoms with Crippen LogP contribution in [0.3, 0.4) is 0 Å². The van der Waals surface area contributed by atoms with Crippen molar-refractivity contribution in [2.75, 3.05) is 37.6 Å². The van der Waals surface area contributed by atoms with Crippen LogP contribution in [-0.4, -0.2) is 43.7 Å². The summed E-state index contributed by atoms with van der Waals surface area (Å²) in [5.41, 5.74) is 1.22. The van der Waals surface area contributed by atoms with Crippen molar-refractivity contribution in [1.82, 2.24) is 4.98 Å². The number of rotatable bonds is 4. The van der Waals surface area contributed by atoms with Gasteiger partial charge < -0.3 is 14.5 Å². The molecular weight excluding hydrogens is 365 g/mol. The molecule has 0 bridgehead atoms. The number of thiazole rings is 1. The first kappa shape index (κ1) is 17.9. The number of anilines is 1. The molecule has 0 radical (unpaired) electrons. The van der Waals surface area contributed by atoms with Gasteiger partial charge in [0, 0.05) is 6.07 Å². The van der Waals surface area contributed by atoms with Crippen LogP contribution >= 0.6 is 11.3 Å². The highest BCUT2D eigenvalue weighted by Gasteiger charge is 2.21. The van der Waals surface area contributed by atoms with Gasteiger partial charge in [0.2, 0.25) is 0 Å². The number of piperazine rings is 1. The molecule has 1 N–H and O–H groups in total. The van der Waals surface area contributed by atoms with E-state index in [-0.39, 0.29) is 5.82 Å². The number of quaternary nitrogens is 1. The van der Waals surface area contributed by atoms with Crippen LogP contribution in [0.2, 0.25) is 0 Å². The average Bonchev–Trinajstić information content (AvgIpc) is 3.12. The Kier molecular flexibility index (Phi) is 5.05. The van der Waals surface area contributed by atoms with E-state index in [2.05, 4.69) is 11.8 Å². The Morgan fingerprint density at radius 2 is 1.96 bits per heavy atom. The highest BCUT2D eigenvalue weighted by atomic mass is 32.1. The number of hydrogen-bond donors (Lipinski definition) is 1. The maximum atomic E-state index is 13.0. The molecule has 0 spiro atoms. The summed E-state index contributed by atoms with van der Waals surface area (Å²) < 4.78 is 19.4. The second-order valence-corrected chi connectivity index (χ2v) is 7.62.